The van der Waals surface area contributed by atoms with Gasteiger partial charge in [0.05, 0.1) is 17.6 Å². The second-order valence-corrected chi connectivity index (χ2v) is 5.10. The zero-order chi connectivity index (χ0) is 19.2. The van der Waals surface area contributed by atoms with Gasteiger partial charge in [0.25, 0.3) is 0 Å². The van der Waals surface area contributed by atoms with Crippen LogP contribution in [-0.2, 0) is 6.61 Å². The average molecular weight is 349 g/mol. The van der Waals surface area contributed by atoms with E-state index in [1.54, 1.807) is 19.3 Å². The van der Waals surface area contributed by atoms with Gasteiger partial charge in [0.1, 0.15) is 12.4 Å². The van der Waals surface area contributed by atoms with Crippen molar-refractivity contribution in [3.8, 4) is 17.1 Å². The molecule has 0 atom stereocenters. The van der Waals surface area contributed by atoms with E-state index in [0.29, 0.717) is 6.61 Å². The minimum Gasteiger partial charge on any atom is -0.487 e. The fourth-order valence-corrected chi connectivity index (χ4v) is 2.06. The van der Waals surface area contributed by atoms with Crippen molar-refractivity contribution in [2.75, 3.05) is 0 Å². The van der Waals surface area contributed by atoms with E-state index in [0.717, 1.165) is 17.1 Å². The van der Waals surface area contributed by atoms with Gasteiger partial charge in [-0.3, -0.25) is 9.97 Å². The first-order chi connectivity index (χ1) is 12.7. The minimum absolute atomic E-state index is 0.553. The molecule has 0 bridgehead atoms. The highest BCUT2D eigenvalue weighted by atomic mass is 16.5. The fourth-order valence-electron chi connectivity index (χ4n) is 2.06. The Morgan fingerprint density at radius 1 is 0.923 bits per heavy atom. The van der Waals surface area contributed by atoms with Crippen LogP contribution in [0, 0.1) is 12.3 Å². The van der Waals surface area contributed by atoms with Crippen LogP contribution in [0.15, 0.2) is 67.0 Å². The number of aromatic nitrogens is 2. The number of nitrogens with zero attached hydrogens (tertiary/aromatic N) is 2. The molecule has 0 saturated heterocycles. The first-order valence-electron chi connectivity index (χ1n) is 8.74. The Morgan fingerprint density at radius 2 is 1.58 bits per heavy atom. The molecule has 0 radical (unpaired) electrons. The monoisotopic (exact) mass is 349 g/mol. The van der Waals surface area contributed by atoms with Gasteiger partial charge in [-0.2, -0.15) is 0 Å². The summed E-state index contributed by atoms with van der Waals surface area (Å²) < 4.78 is 5.78. The maximum atomic E-state index is 6.08. The zero-order valence-electron chi connectivity index (χ0n) is 15.9. The molecule has 3 aromatic rings. The van der Waals surface area contributed by atoms with Crippen LogP contribution in [0.2, 0.25) is 0 Å². The number of benzene rings is 1. The van der Waals surface area contributed by atoms with Crippen LogP contribution < -0.4 is 4.74 Å². The highest BCUT2D eigenvalue weighted by molar-refractivity contribution is 5.54. The van der Waals surface area contributed by atoms with Crippen molar-refractivity contribution in [3.05, 3.63) is 78.1 Å². The molecular formula is C22H27N3O. The van der Waals surface area contributed by atoms with Gasteiger partial charge in [0.15, 0.2) is 0 Å². The molecule has 0 aliphatic carbocycles. The van der Waals surface area contributed by atoms with Crippen LogP contribution >= 0.6 is 0 Å². The van der Waals surface area contributed by atoms with Crippen LogP contribution in [0.25, 0.3) is 11.4 Å². The topological polar surface area (TPSA) is 58.9 Å². The predicted molar refractivity (Wildman–Crippen MR) is 109 cm³/mol. The normalized spacial score (nSPS) is 9.08. The lowest BCUT2D eigenvalue weighted by atomic mass is 10.1. The van der Waals surface area contributed by atoms with Crippen LogP contribution in [0.1, 0.15) is 31.9 Å². The average Bonchev–Trinajstić information content (AvgIpc) is 2.71. The Labute approximate surface area is 156 Å². The van der Waals surface area contributed by atoms with Crippen molar-refractivity contribution in [2.24, 2.45) is 0 Å². The Hall–Kier alpha value is -3.01. The van der Waals surface area contributed by atoms with Crippen LogP contribution in [0.5, 0.6) is 5.75 Å². The van der Waals surface area contributed by atoms with E-state index in [1.807, 2.05) is 56.3 Å². The van der Waals surface area contributed by atoms with Gasteiger partial charge in [-0.25, -0.2) is 0 Å². The summed E-state index contributed by atoms with van der Waals surface area (Å²) in [5.74, 6) is 0.762. The van der Waals surface area contributed by atoms with E-state index in [9.17, 15) is 0 Å². The Bertz CT molecular complexity index is 756. The summed E-state index contributed by atoms with van der Waals surface area (Å²) >= 11 is 0. The molecule has 0 aliphatic heterocycles. The van der Waals surface area contributed by atoms with E-state index < -0.39 is 0 Å². The van der Waals surface area contributed by atoms with Gasteiger partial charge >= 0.3 is 0 Å². The number of nitrogens with one attached hydrogen (secondary N) is 1. The molecule has 0 spiro atoms. The van der Waals surface area contributed by atoms with Crippen molar-refractivity contribution in [2.45, 2.75) is 34.3 Å². The van der Waals surface area contributed by atoms with Gasteiger partial charge in [0.2, 0.25) is 0 Å². The van der Waals surface area contributed by atoms with Crippen LogP contribution in [-0.4, -0.2) is 16.2 Å². The number of ether oxygens (including phenoxy) is 1. The SMILES string of the molecule is CC.CC=N.Cc1ccccc1COc1ccc(-c2ccccn2)nc1. The molecule has 4 nitrogen and oxygen atoms in total. The molecule has 0 saturated carbocycles. The van der Waals surface area contributed by atoms with Gasteiger partial charge in [-0.05, 0) is 55.5 Å². The quantitative estimate of drug-likeness (QED) is 0.613. The lowest BCUT2D eigenvalue weighted by Gasteiger charge is -2.08. The molecule has 26 heavy (non-hydrogen) atoms. The molecule has 3 rings (SSSR count). The van der Waals surface area contributed by atoms with E-state index in [2.05, 4.69) is 29.0 Å². The summed E-state index contributed by atoms with van der Waals surface area (Å²) in [6, 6.07) is 17.8. The number of pyridine rings is 2. The maximum Gasteiger partial charge on any atom is 0.138 e. The first-order valence-corrected chi connectivity index (χ1v) is 8.74. The molecule has 4 heteroatoms. The van der Waals surface area contributed by atoms with E-state index in [4.69, 9.17) is 10.1 Å². The van der Waals surface area contributed by atoms with Gasteiger partial charge in [-0.15, -0.1) is 0 Å². The second kappa shape index (κ2) is 12.4. The first kappa shape index (κ1) is 21.0. The molecule has 0 amide bonds. The molecule has 0 aliphatic rings. The summed E-state index contributed by atoms with van der Waals surface area (Å²) in [7, 11) is 0. The summed E-state index contributed by atoms with van der Waals surface area (Å²) in [4.78, 5) is 8.68. The molecule has 1 N–H and O–H groups in total. The highest BCUT2D eigenvalue weighted by Gasteiger charge is 2.02. The lowest BCUT2D eigenvalue weighted by molar-refractivity contribution is 0.304. The number of aryl methyl sites for hydroxylation is 1. The third kappa shape index (κ3) is 6.85. The summed E-state index contributed by atoms with van der Waals surface area (Å²) in [5, 5.41) is 6.08. The molecule has 2 aromatic heterocycles. The van der Waals surface area contributed by atoms with Gasteiger partial charge in [-0.1, -0.05) is 44.2 Å². The second-order valence-electron chi connectivity index (χ2n) is 5.10. The number of hydrogen-bond donors (Lipinski definition) is 1. The Morgan fingerprint density at radius 3 is 2.15 bits per heavy atom. The van der Waals surface area contributed by atoms with Crippen LogP contribution in [0.4, 0.5) is 0 Å². The van der Waals surface area contributed by atoms with Crippen molar-refractivity contribution < 1.29 is 4.74 Å². The third-order valence-electron chi connectivity index (χ3n) is 3.32. The molecule has 0 unspecified atom stereocenters. The van der Waals surface area contributed by atoms with E-state index >= 15 is 0 Å². The van der Waals surface area contributed by atoms with E-state index in [-0.39, 0.29) is 0 Å². The minimum atomic E-state index is 0.553. The summed E-state index contributed by atoms with van der Waals surface area (Å²) in [6.07, 6.45) is 4.75. The standard InChI is InChI=1S/C18H16N2O.C2H5N.C2H6/c1-14-6-2-3-7-15(14)13-21-16-9-10-18(20-12-16)17-8-4-5-11-19-17;1-2-3;1-2/h2-12H,13H2,1H3;2-3H,1H3;1-2H3. The van der Waals surface area contributed by atoms with Crippen molar-refractivity contribution in [1.82, 2.24) is 9.97 Å². The fraction of sp³-hybridized carbons (Fsp3) is 0.227. The number of hydrogen-bond acceptors (Lipinski definition) is 4. The summed E-state index contributed by atoms with van der Waals surface area (Å²) in [5.41, 5.74) is 4.13. The Balaban J connectivity index is 0.000000615. The van der Waals surface area contributed by atoms with E-state index in [1.165, 1.54) is 17.3 Å². The molecule has 1 aromatic carbocycles. The summed E-state index contributed by atoms with van der Waals surface area (Å²) in [6.45, 7) is 8.30. The largest absolute Gasteiger partial charge is 0.487 e. The molecular weight excluding hydrogens is 322 g/mol. The predicted octanol–water partition coefficient (Wildman–Crippen LogP) is 5.71. The van der Waals surface area contributed by atoms with Gasteiger partial charge in [0, 0.05) is 6.20 Å². The van der Waals surface area contributed by atoms with Gasteiger partial charge < -0.3 is 10.1 Å². The number of rotatable bonds is 4. The Kier molecular flexibility index (Phi) is 10.0. The van der Waals surface area contributed by atoms with Crippen molar-refractivity contribution in [1.29, 1.82) is 5.41 Å². The molecule has 136 valence electrons. The third-order valence-corrected chi connectivity index (χ3v) is 3.32. The zero-order valence-corrected chi connectivity index (χ0v) is 15.9. The molecule has 2 heterocycles. The van der Waals surface area contributed by atoms with Crippen LogP contribution in [0.3, 0.4) is 0 Å². The smallest absolute Gasteiger partial charge is 0.138 e. The van der Waals surface area contributed by atoms with Crippen molar-refractivity contribution >= 4 is 6.21 Å². The maximum absolute atomic E-state index is 6.08. The molecule has 0 fully saturated rings. The lowest BCUT2D eigenvalue weighted by Crippen LogP contribution is -1.98. The van der Waals surface area contributed by atoms with Crippen molar-refractivity contribution in [3.63, 3.8) is 0 Å². The highest BCUT2D eigenvalue weighted by Crippen LogP contribution is 2.18.